The molecule has 0 atom stereocenters. The Bertz CT molecular complexity index is 857. The second-order valence-electron chi connectivity index (χ2n) is 5.82. The van der Waals surface area contributed by atoms with Gasteiger partial charge in [-0.05, 0) is 31.7 Å². The number of carbonyl (C=O) groups excluding carboxylic acids is 2. The quantitative estimate of drug-likeness (QED) is 0.443. The van der Waals surface area contributed by atoms with Crippen LogP contribution in [0.1, 0.15) is 33.0 Å². The SMILES string of the molecule is C=CCn1c(C)nnc1SCC(=O)Nc1sc2c(c1C(=O)OC)CCC2. The van der Waals surface area contributed by atoms with Gasteiger partial charge in [-0.3, -0.25) is 4.79 Å². The molecule has 0 bridgehead atoms. The van der Waals surface area contributed by atoms with E-state index in [1.807, 2.05) is 11.5 Å². The Kier molecular flexibility index (Phi) is 5.77. The van der Waals surface area contributed by atoms with Crippen molar-refractivity contribution in [3.63, 3.8) is 0 Å². The average molecular weight is 393 g/mol. The maximum Gasteiger partial charge on any atom is 0.341 e. The average Bonchev–Trinajstić information content (AvgIpc) is 3.29. The molecular formula is C17H20N4O3S2. The van der Waals surface area contributed by atoms with E-state index in [-0.39, 0.29) is 11.7 Å². The lowest BCUT2D eigenvalue weighted by atomic mass is 10.1. The number of rotatable bonds is 7. The van der Waals surface area contributed by atoms with Crippen LogP contribution in [0, 0.1) is 6.92 Å². The number of fused-ring (bicyclic) bond motifs is 1. The molecule has 7 nitrogen and oxygen atoms in total. The molecular weight excluding hydrogens is 372 g/mol. The van der Waals surface area contributed by atoms with Crippen molar-refractivity contribution in [2.75, 3.05) is 18.2 Å². The number of aromatic nitrogens is 3. The Morgan fingerprint density at radius 2 is 2.23 bits per heavy atom. The predicted octanol–water partition coefficient (Wildman–Crippen LogP) is 2.84. The molecule has 9 heteroatoms. The molecule has 1 aliphatic rings. The number of carbonyl (C=O) groups is 2. The van der Waals surface area contributed by atoms with Crippen molar-refractivity contribution < 1.29 is 14.3 Å². The van der Waals surface area contributed by atoms with Crippen LogP contribution < -0.4 is 5.32 Å². The maximum absolute atomic E-state index is 12.4. The molecule has 0 aromatic carbocycles. The summed E-state index contributed by atoms with van der Waals surface area (Å²) in [4.78, 5) is 25.7. The first-order chi connectivity index (χ1) is 12.5. The lowest BCUT2D eigenvalue weighted by Gasteiger charge is -2.07. The van der Waals surface area contributed by atoms with Gasteiger partial charge in [0.05, 0.1) is 18.4 Å². The van der Waals surface area contributed by atoms with Crippen LogP contribution in [0.5, 0.6) is 0 Å². The number of anilines is 1. The van der Waals surface area contributed by atoms with E-state index in [1.165, 1.54) is 30.2 Å². The van der Waals surface area contributed by atoms with E-state index in [1.54, 1.807) is 6.08 Å². The van der Waals surface area contributed by atoms with Gasteiger partial charge >= 0.3 is 5.97 Å². The third-order valence-electron chi connectivity index (χ3n) is 4.11. The second kappa shape index (κ2) is 8.05. The normalized spacial score (nSPS) is 12.7. The number of amides is 1. The molecule has 26 heavy (non-hydrogen) atoms. The first-order valence-electron chi connectivity index (χ1n) is 8.21. The van der Waals surface area contributed by atoms with Crippen LogP contribution in [0.15, 0.2) is 17.8 Å². The van der Waals surface area contributed by atoms with Crippen molar-refractivity contribution in [3.8, 4) is 0 Å². The van der Waals surface area contributed by atoms with Crippen molar-refractivity contribution in [1.82, 2.24) is 14.8 Å². The van der Waals surface area contributed by atoms with Gasteiger partial charge in [0.15, 0.2) is 5.16 Å². The molecule has 0 aliphatic heterocycles. The zero-order chi connectivity index (χ0) is 18.7. The van der Waals surface area contributed by atoms with Crippen molar-refractivity contribution in [1.29, 1.82) is 0 Å². The monoisotopic (exact) mass is 392 g/mol. The molecule has 0 fully saturated rings. The summed E-state index contributed by atoms with van der Waals surface area (Å²) in [5.74, 6) is 0.369. The topological polar surface area (TPSA) is 86.1 Å². The first kappa shape index (κ1) is 18.7. The molecule has 0 radical (unpaired) electrons. The fourth-order valence-corrected chi connectivity index (χ4v) is 5.00. The second-order valence-corrected chi connectivity index (χ2v) is 7.87. The number of nitrogens with one attached hydrogen (secondary N) is 1. The van der Waals surface area contributed by atoms with Gasteiger partial charge in [-0.25, -0.2) is 4.79 Å². The summed E-state index contributed by atoms with van der Waals surface area (Å²) in [6.07, 6.45) is 4.59. The largest absolute Gasteiger partial charge is 0.465 e. The summed E-state index contributed by atoms with van der Waals surface area (Å²) in [5, 5.41) is 12.2. The van der Waals surface area contributed by atoms with Crippen LogP contribution in [0.4, 0.5) is 5.00 Å². The minimum atomic E-state index is -0.395. The fourth-order valence-electron chi connectivity index (χ4n) is 2.91. The Labute approximate surface area is 159 Å². The summed E-state index contributed by atoms with van der Waals surface area (Å²) in [6.45, 7) is 6.17. The predicted molar refractivity (Wildman–Crippen MR) is 102 cm³/mol. The highest BCUT2D eigenvalue weighted by Crippen LogP contribution is 2.39. The van der Waals surface area contributed by atoms with E-state index in [2.05, 4.69) is 22.1 Å². The molecule has 1 aliphatic carbocycles. The van der Waals surface area contributed by atoms with E-state index in [4.69, 9.17) is 4.74 Å². The van der Waals surface area contributed by atoms with Crippen LogP contribution in [0.25, 0.3) is 0 Å². The number of hydrogen-bond acceptors (Lipinski definition) is 7. The number of aryl methyl sites for hydroxylation is 2. The number of methoxy groups -OCH3 is 1. The van der Waals surface area contributed by atoms with Crippen molar-refractivity contribution in [2.45, 2.75) is 37.9 Å². The van der Waals surface area contributed by atoms with Crippen molar-refractivity contribution in [3.05, 3.63) is 34.5 Å². The van der Waals surface area contributed by atoms with Gasteiger partial charge in [-0.15, -0.1) is 28.1 Å². The summed E-state index contributed by atoms with van der Waals surface area (Å²) >= 11 is 2.77. The summed E-state index contributed by atoms with van der Waals surface area (Å²) < 4.78 is 6.79. The van der Waals surface area contributed by atoms with E-state index < -0.39 is 5.97 Å². The van der Waals surface area contributed by atoms with E-state index in [0.717, 1.165) is 35.5 Å². The number of thioether (sulfide) groups is 1. The standard InChI is InChI=1S/C17H20N4O3S2/c1-4-8-21-10(2)19-20-17(21)25-9-13(22)18-15-14(16(23)24-3)11-6-5-7-12(11)26-15/h4H,1,5-9H2,2-3H3,(H,18,22). The number of allylic oxidation sites excluding steroid dienone is 1. The van der Waals surface area contributed by atoms with Crippen molar-refractivity contribution >= 4 is 40.0 Å². The zero-order valence-corrected chi connectivity index (χ0v) is 16.3. The summed E-state index contributed by atoms with van der Waals surface area (Å²) in [5.41, 5.74) is 1.53. The third kappa shape index (κ3) is 3.68. The molecule has 2 aromatic heterocycles. The molecule has 3 rings (SSSR count). The molecule has 0 saturated heterocycles. The van der Waals surface area contributed by atoms with Crippen LogP contribution in [-0.2, 0) is 28.9 Å². The number of ether oxygens (including phenoxy) is 1. The van der Waals surface area contributed by atoms with Gasteiger partial charge in [0, 0.05) is 11.4 Å². The van der Waals surface area contributed by atoms with Crippen LogP contribution in [0.3, 0.4) is 0 Å². The molecule has 2 aromatic rings. The third-order valence-corrected chi connectivity index (χ3v) is 6.28. The lowest BCUT2D eigenvalue weighted by molar-refractivity contribution is -0.113. The van der Waals surface area contributed by atoms with Gasteiger partial charge < -0.3 is 14.6 Å². The van der Waals surface area contributed by atoms with E-state index in [0.29, 0.717) is 22.3 Å². The van der Waals surface area contributed by atoms with Gasteiger partial charge in [0.1, 0.15) is 10.8 Å². The summed E-state index contributed by atoms with van der Waals surface area (Å²) in [6, 6.07) is 0. The van der Waals surface area contributed by atoms with Gasteiger partial charge in [-0.2, -0.15) is 0 Å². The smallest absolute Gasteiger partial charge is 0.341 e. The van der Waals surface area contributed by atoms with Gasteiger partial charge in [-0.1, -0.05) is 17.8 Å². The molecule has 0 saturated carbocycles. The number of hydrogen-bond donors (Lipinski definition) is 1. The van der Waals surface area contributed by atoms with Crippen LogP contribution in [-0.4, -0.2) is 39.5 Å². The Morgan fingerprint density at radius 3 is 2.96 bits per heavy atom. The Balaban J connectivity index is 1.69. The molecule has 138 valence electrons. The highest BCUT2D eigenvalue weighted by molar-refractivity contribution is 7.99. The number of nitrogens with zero attached hydrogens (tertiary/aromatic N) is 3. The Hall–Kier alpha value is -2.13. The first-order valence-corrected chi connectivity index (χ1v) is 10.0. The van der Waals surface area contributed by atoms with Gasteiger partial charge in [0.2, 0.25) is 5.91 Å². The Morgan fingerprint density at radius 1 is 1.42 bits per heavy atom. The maximum atomic E-state index is 12.4. The lowest BCUT2D eigenvalue weighted by Crippen LogP contribution is -2.16. The molecule has 2 heterocycles. The van der Waals surface area contributed by atoms with E-state index in [9.17, 15) is 9.59 Å². The molecule has 1 amide bonds. The minimum Gasteiger partial charge on any atom is -0.465 e. The van der Waals surface area contributed by atoms with Gasteiger partial charge in [0.25, 0.3) is 0 Å². The fraction of sp³-hybridized carbons (Fsp3) is 0.412. The highest BCUT2D eigenvalue weighted by atomic mass is 32.2. The minimum absolute atomic E-state index is 0.179. The number of esters is 1. The van der Waals surface area contributed by atoms with E-state index >= 15 is 0 Å². The molecule has 0 spiro atoms. The number of thiophene rings is 1. The molecule has 1 N–H and O–H groups in total. The zero-order valence-electron chi connectivity index (χ0n) is 14.7. The van der Waals surface area contributed by atoms with Crippen molar-refractivity contribution in [2.24, 2.45) is 0 Å². The van der Waals surface area contributed by atoms with Crippen LogP contribution >= 0.6 is 23.1 Å². The highest BCUT2D eigenvalue weighted by Gasteiger charge is 2.28. The van der Waals surface area contributed by atoms with Crippen LogP contribution in [0.2, 0.25) is 0 Å². The molecule has 0 unspecified atom stereocenters. The summed E-state index contributed by atoms with van der Waals surface area (Å²) in [7, 11) is 1.36.